The van der Waals surface area contributed by atoms with Crippen LogP contribution in [-0.2, 0) is 4.79 Å². The second kappa shape index (κ2) is 5.25. The number of amides is 1. The van der Waals surface area contributed by atoms with Gasteiger partial charge in [0.05, 0.1) is 11.4 Å². The summed E-state index contributed by atoms with van der Waals surface area (Å²) in [6, 6.07) is 6.24. The van der Waals surface area contributed by atoms with Crippen LogP contribution in [0.3, 0.4) is 0 Å². The van der Waals surface area contributed by atoms with Gasteiger partial charge < -0.3 is 4.90 Å². The van der Waals surface area contributed by atoms with Gasteiger partial charge in [-0.3, -0.25) is 4.79 Å². The zero-order valence-electron chi connectivity index (χ0n) is 10.2. The maximum absolute atomic E-state index is 12.1. The Hall–Kier alpha value is -0.480. The summed E-state index contributed by atoms with van der Waals surface area (Å²) in [5.74, 6) is 1.54. The number of anilines is 1. The molecule has 96 valence electrons. The SMILES string of the molecule is O=C1CSc2ccc(Br)cc2N1CC1CCCC1. The molecule has 1 aromatic rings. The van der Waals surface area contributed by atoms with E-state index in [1.54, 1.807) is 11.8 Å². The quantitative estimate of drug-likeness (QED) is 0.816. The molecule has 0 atom stereocenters. The number of benzene rings is 1. The third kappa shape index (κ3) is 2.45. The van der Waals surface area contributed by atoms with Gasteiger partial charge >= 0.3 is 0 Å². The summed E-state index contributed by atoms with van der Waals surface area (Å²) in [6.45, 7) is 0.906. The summed E-state index contributed by atoms with van der Waals surface area (Å²) >= 11 is 5.16. The van der Waals surface area contributed by atoms with Gasteiger partial charge in [0.15, 0.2) is 0 Å². The maximum Gasteiger partial charge on any atom is 0.237 e. The van der Waals surface area contributed by atoms with E-state index in [0.29, 0.717) is 11.7 Å². The van der Waals surface area contributed by atoms with E-state index in [0.717, 1.165) is 16.7 Å². The van der Waals surface area contributed by atoms with Gasteiger partial charge in [-0.05, 0) is 37.0 Å². The minimum absolute atomic E-state index is 0.262. The lowest BCUT2D eigenvalue weighted by Crippen LogP contribution is -2.38. The van der Waals surface area contributed by atoms with Gasteiger partial charge in [-0.25, -0.2) is 0 Å². The van der Waals surface area contributed by atoms with Crippen LogP contribution < -0.4 is 4.90 Å². The Morgan fingerprint density at radius 2 is 2.11 bits per heavy atom. The lowest BCUT2D eigenvalue weighted by Gasteiger charge is -2.31. The van der Waals surface area contributed by atoms with Crippen molar-refractivity contribution in [2.24, 2.45) is 5.92 Å². The Morgan fingerprint density at radius 1 is 1.33 bits per heavy atom. The maximum atomic E-state index is 12.1. The topological polar surface area (TPSA) is 20.3 Å². The van der Waals surface area contributed by atoms with Gasteiger partial charge in [0.2, 0.25) is 5.91 Å². The van der Waals surface area contributed by atoms with Gasteiger partial charge in [-0.2, -0.15) is 0 Å². The van der Waals surface area contributed by atoms with Crippen molar-refractivity contribution in [2.45, 2.75) is 30.6 Å². The average Bonchev–Trinajstić information content (AvgIpc) is 2.86. The highest BCUT2D eigenvalue weighted by Crippen LogP contribution is 2.38. The fourth-order valence-electron chi connectivity index (χ4n) is 2.83. The first-order valence-corrected chi connectivity index (χ1v) is 8.24. The number of thioether (sulfide) groups is 1. The molecular formula is C14H16BrNOS. The average molecular weight is 326 g/mol. The Bertz CT molecular complexity index is 471. The highest BCUT2D eigenvalue weighted by Gasteiger charge is 2.28. The van der Waals surface area contributed by atoms with Crippen molar-refractivity contribution in [3.63, 3.8) is 0 Å². The molecule has 0 bridgehead atoms. The summed E-state index contributed by atoms with van der Waals surface area (Å²) in [4.78, 5) is 15.4. The van der Waals surface area contributed by atoms with Crippen LogP contribution in [0.4, 0.5) is 5.69 Å². The van der Waals surface area contributed by atoms with E-state index in [1.165, 1.54) is 30.6 Å². The van der Waals surface area contributed by atoms with Gasteiger partial charge in [0, 0.05) is 15.9 Å². The van der Waals surface area contributed by atoms with Crippen LogP contribution in [0, 0.1) is 5.92 Å². The normalized spacial score (nSPS) is 20.3. The molecule has 1 aliphatic heterocycles. The van der Waals surface area contributed by atoms with Crippen LogP contribution >= 0.6 is 27.7 Å². The summed E-state index contributed by atoms with van der Waals surface area (Å²) in [5, 5.41) is 0. The molecule has 2 aliphatic rings. The van der Waals surface area contributed by atoms with Crippen molar-refractivity contribution in [3.05, 3.63) is 22.7 Å². The molecule has 4 heteroatoms. The van der Waals surface area contributed by atoms with Crippen molar-refractivity contribution in [1.82, 2.24) is 0 Å². The number of rotatable bonds is 2. The second-order valence-corrected chi connectivity index (χ2v) is 6.99. The molecule has 0 spiro atoms. The zero-order valence-corrected chi connectivity index (χ0v) is 12.6. The van der Waals surface area contributed by atoms with E-state index < -0.39 is 0 Å². The fourth-order valence-corrected chi connectivity index (χ4v) is 4.09. The van der Waals surface area contributed by atoms with Gasteiger partial charge in [0.25, 0.3) is 0 Å². The van der Waals surface area contributed by atoms with Crippen molar-refractivity contribution < 1.29 is 4.79 Å². The Balaban J connectivity index is 1.88. The summed E-state index contributed by atoms with van der Waals surface area (Å²) in [5.41, 5.74) is 1.09. The van der Waals surface area contributed by atoms with E-state index in [2.05, 4.69) is 34.1 Å². The van der Waals surface area contributed by atoms with E-state index in [1.807, 2.05) is 4.90 Å². The van der Waals surface area contributed by atoms with E-state index in [9.17, 15) is 4.79 Å². The first-order chi connectivity index (χ1) is 8.74. The number of carbonyl (C=O) groups is 1. The van der Waals surface area contributed by atoms with Crippen molar-refractivity contribution in [3.8, 4) is 0 Å². The number of hydrogen-bond donors (Lipinski definition) is 0. The molecule has 0 unspecified atom stereocenters. The Labute approximate surface area is 120 Å². The standard InChI is InChI=1S/C14H16BrNOS/c15-11-5-6-13-12(7-11)16(14(17)9-18-13)8-10-3-1-2-4-10/h5-7,10H,1-4,8-9H2. The summed E-state index contributed by atoms with van der Waals surface area (Å²) in [6.07, 6.45) is 5.21. The molecule has 2 nitrogen and oxygen atoms in total. The van der Waals surface area contributed by atoms with E-state index in [4.69, 9.17) is 0 Å². The van der Waals surface area contributed by atoms with Crippen LogP contribution in [0.25, 0.3) is 0 Å². The van der Waals surface area contributed by atoms with Crippen LogP contribution in [0.5, 0.6) is 0 Å². The van der Waals surface area contributed by atoms with Gasteiger partial charge in [-0.1, -0.05) is 28.8 Å². The smallest absolute Gasteiger partial charge is 0.237 e. The lowest BCUT2D eigenvalue weighted by molar-refractivity contribution is -0.116. The monoisotopic (exact) mass is 325 g/mol. The molecule has 1 aromatic carbocycles. The predicted molar refractivity (Wildman–Crippen MR) is 79.2 cm³/mol. The summed E-state index contributed by atoms with van der Waals surface area (Å²) in [7, 11) is 0. The molecule has 0 saturated heterocycles. The molecule has 1 aliphatic carbocycles. The van der Waals surface area contributed by atoms with Crippen LogP contribution in [0.2, 0.25) is 0 Å². The minimum Gasteiger partial charge on any atom is -0.310 e. The van der Waals surface area contributed by atoms with Crippen molar-refractivity contribution >= 4 is 39.3 Å². The predicted octanol–water partition coefficient (Wildman–Crippen LogP) is 4.08. The highest BCUT2D eigenvalue weighted by molar-refractivity contribution is 9.10. The number of carbonyl (C=O) groups excluding carboxylic acids is 1. The van der Waals surface area contributed by atoms with Crippen molar-refractivity contribution in [2.75, 3.05) is 17.2 Å². The number of fused-ring (bicyclic) bond motifs is 1. The Morgan fingerprint density at radius 3 is 2.89 bits per heavy atom. The van der Waals surface area contributed by atoms with Gasteiger partial charge in [0.1, 0.15) is 0 Å². The molecule has 0 radical (unpaired) electrons. The number of nitrogens with zero attached hydrogens (tertiary/aromatic N) is 1. The second-order valence-electron chi connectivity index (χ2n) is 5.06. The van der Waals surface area contributed by atoms with Crippen LogP contribution in [0.1, 0.15) is 25.7 Å². The Kier molecular flexibility index (Phi) is 3.66. The molecule has 1 saturated carbocycles. The molecular weight excluding hydrogens is 310 g/mol. The third-order valence-electron chi connectivity index (χ3n) is 3.78. The number of hydrogen-bond acceptors (Lipinski definition) is 2. The molecule has 1 amide bonds. The third-order valence-corrected chi connectivity index (χ3v) is 5.32. The molecule has 0 aromatic heterocycles. The molecule has 0 N–H and O–H groups in total. The van der Waals surface area contributed by atoms with E-state index >= 15 is 0 Å². The molecule has 18 heavy (non-hydrogen) atoms. The largest absolute Gasteiger partial charge is 0.310 e. The highest BCUT2D eigenvalue weighted by atomic mass is 79.9. The summed E-state index contributed by atoms with van der Waals surface area (Å²) < 4.78 is 1.05. The fraction of sp³-hybridized carbons (Fsp3) is 0.500. The molecule has 3 rings (SSSR count). The minimum atomic E-state index is 0.262. The van der Waals surface area contributed by atoms with Crippen molar-refractivity contribution in [1.29, 1.82) is 0 Å². The molecule has 1 fully saturated rings. The number of halogens is 1. The molecule has 1 heterocycles. The van der Waals surface area contributed by atoms with Gasteiger partial charge in [-0.15, -0.1) is 11.8 Å². The van der Waals surface area contributed by atoms with Crippen LogP contribution in [-0.4, -0.2) is 18.2 Å². The first kappa shape index (κ1) is 12.5. The first-order valence-electron chi connectivity index (χ1n) is 6.47. The lowest BCUT2D eigenvalue weighted by atomic mass is 10.1. The van der Waals surface area contributed by atoms with E-state index in [-0.39, 0.29) is 5.91 Å². The van der Waals surface area contributed by atoms with Crippen LogP contribution in [0.15, 0.2) is 27.6 Å². The zero-order chi connectivity index (χ0) is 12.5.